The van der Waals surface area contributed by atoms with Gasteiger partial charge < -0.3 is 9.80 Å². The summed E-state index contributed by atoms with van der Waals surface area (Å²) in [6.45, 7) is 0.121. The molecule has 1 fully saturated rings. The van der Waals surface area contributed by atoms with Gasteiger partial charge in [0.05, 0.1) is 0 Å². The number of benzene rings is 2. The zero-order chi connectivity index (χ0) is 20.1. The van der Waals surface area contributed by atoms with Crippen LogP contribution in [0, 0.1) is 5.82 Å². The molecule has 3 heterocycles. The zero-order valence-electron chi connectivity index (χ0n) is 15.5. The van der Waals surface area contributed by atoms with Gasteiger partial charge in [-0.3, -0.25) is 14.7 Å². The molecule has 5 rings (SSSR count). The highest BCUT2D eigenvalue weighted by molar-refractivity contribution is 6.02. The lowest BCUT2D eigenvalue weighted by Gasteiger charge is -2.37. The van der Waals surface area contributed by atoms with Crippen LogP contribution < -0.4 is 10.2 Å². The SMILES string of the molecule is CN1C(=O)NC(=O)C2C1n1c(-c3ccccc3)nnc1N2Cc1ccccc1F. The topological polar surface area (TPSA) is 83.4 Å². The Kier molecular flexibility index (Phi) is 3.83. The zero-order valence-corrected chi connectivity index (χ0v) is 15.5. The minimum Gasteiger partial charge on any atom is -0.320 e. The molecule has 0 radical (unpaired) electrons. The van der Waals surface area contributed by atoms with Gasteiger partial charge in [0.15, 0.2) is 11.9 Å². The first-order valence-corrected chi connectivity index (χ1v) is 9.14. The Bertz CT molecular complexity index is 1120. The third kappa shape index (κ3) is 2.58. The predicted octanol–water partition coefficient (Wildman–Crippen LogP) is 2.15. The van der Waals surface area contributed by atoms with Crippen LogP contribution in [0.4, 0.5) is 15.1 Å². The van der Waals surface area contributed by atoms with Crippen molar-refractivity contribution < 1.29 is 14.0 Å². The molecule has 0 saturated carbocycles. The Morgan fingerprint density at radius 2 is 1.76 bits per heavy atom. The molecule has 2 unspecified atom stereocenters. The van der Waals surface area contributed by atoms with Gasteiger partial charge in [0.1, 0.15) is 12.0 Å². The van der Waals surface area contributed by atoms with E-state index in [0.29, 0.717) is 17.3 Å². The van der Waals surface area contributed by atoms with Crippen molar-refractivity contribution in [2.45, 2.75) is 18.8 Å². The van der Waals surface area contributed by atoms with Crippen LogP contribution in [0.5, 0.6) is 0 Å². The molecular weight excluding hydrogens is 375 g/mol. The molecular formula is C20H17FN6O2. The summed E-state index contributed by atoms with van der Waals surface area (Å²) >= 11 is 0. The van der Waals surface area contributed by atoms with E-state index < -0.39 is 24.1 Å². The Hall–Kier alpha value is -3.75. The molecule has 2 aliphatic rings. The van der Waals surface area contributed by atoms with Gasteiger partial charge in [-0.2, -0.15) is 0 Å². The standard InChI is InChI=1S/C20H17FN6O2/c1-25-18-15(17(28)22-20(25)29)26(11-13-9-5-6-10-14(13)21)19-24-23-16(27(18)19)12-7-3-2-4-8-12/h2-10,15,18H,11H2,1H3,(H,22,28,29). The first-order chi connectivity index (χ1) is 14.1. The lowest BCUT2D eigenvalue weighted by molar-refractivity contribution is -0.124. The molecule has 2 aromatic carbocycles. The molecule has 8 nitrogen and oxygen atoms in total. The van der Waals surface area contributed by atoms with Crippen molar-refractivity contribution in [1.29, 1.82) is 0 Å². The number of hydrogen-bond acceptors (Lipinski definition) is 5. The van der Waals surface area contributed by atoms with E-state index >= 15 is 0 Å². The molecule has 3 aromatic rings. The average Bonchev–Trinajstić information content (AvgIpc) is 3.28. The number of nitrogens with zero attached hydrogens (tertiary/aromatic N) is 5. The van der Waals surface area contributed by atoms with Crippen molar-refractivity contribution in [3.63, 3.8) is 0 Å². The summed E-state index contributed by atoms with van der Waals surface area (Å²) in [6.07, 6.45) is -0.636. The van der Waals surface area contributed by atoms with Crippen molar-refractivity contribution in [2.75, 3.05) is 11.9 Å². The van der Waals surface area contributed by atoms with Crippen LogP contribution in [0.1, 0.15) is 11.7 Å². The molecule has 1 aromatic heterocycles. The maximum atomic E-state index is 14.3. The molecule has 0 bridgehead atoms. The molecule has 2 aliphatic heterocycles. The van der Waals surface area contributed by atoms with Gasteiger partial charge in [0.25, 0.3) is 5.91 Å². The summed E-state index contributed by atoms with van der Waals surface area (Å²) in [7, 11) is 1.62. The summed E-state index contributed by atoms with van der Waals surface area (Å²) in [5, 5.41) is 11.0. The smallest absolute Gasteiger partial charge is 0.320 e. The molecule has 29 heavy (non-hydrogen) atoms. The van der Waals surface area contributed by atoms with E-state index in [0.717, 1.165) is 5.56 Å². The van der Waals surface area contributed by atoms with Crippen LogP contribution in [0.15, 0.2) is 54.6 Å². The van der Waals surface area contributed by atoms with Crippen LogP contribution in [0.3, 0.4) is 0 Å². The third-order valence-corrected chi connectivity index (χ3v) is 5.36. The number of aromatic nitrogens is 3. The summed E-state index contributed by atoms with van der Waals surface area (Å²) in [4.78, 5) is 28.2. The third-order valence-electron chi connectivity index (χ3n) is 5.36. The predicted molar refractivity (Wildman–Crippen MR) is 102 cm³/mol. The fraction of sp³-hybridized carbons (Fsp3) is 0.200. The van der Waals surface area contributed by atoms with Gasteiger partial charge in [-0.05, 0) is 6.07 Å². The average molecular weight is 392 g/mol. The fourth-order valence-corrected chi connectivity index (χ4v) is 3.96. The van der Waals surface area contributed by atoms with Crippen LogP contribution >= 0.6 is 0 Å². The molecule has 0 spiro atoms. The summed E-state index contributed by atoms with van der Waals surface area (Å²) < 4.78 is 16.1. The Morgan fingerprint density at radius 3 is 2.52 bits per heavy atom. The Labute approximate surface area is 165 Å². The summed E-state index contributed by atoms with van der Waals surface area (Å²) in [6, 6.07) is 14.6. The highest BCUT2D eigenvalue weighted by Gasteiger charge is 2.52. The van der Waals surface area contributed by atoms with Gasteiger partial charge in [-0.1, -0.05) is 48.5 Å². The number of likely N-dealkylation sites (N-methyl/N-ethyl adjacent to an activating group) is 1. The van der Waals surface area contributed by atoms with E-state index in [-0.39, 0.29) is 12.4 Å². The van der Waals surface area contributed by atoms with Crippen molar-refractivity contribution in [3.8, 4) is 11.4 Å². The Balaban J connectivity index is 1.66. The number of imide groups is 1. The summed E-state index contributed by atoms with van der Waals surface area (Å²) in [5.74, 6) is 0.143. The van der Waals surface area contributed by atoms with Crippen LogP contribution in [0.25, 0.3) is 11.4 Å². The number of urea groups is 1. The van der Waals surface area contributed by atoms with E-state index in [1.165, 1.54) is 11.0 Å². The van der Waals surface area contributed by atoms with E-state index in [2.05, 4.69) is 15.5 Å². The second-order valence-electron chi connectivity index (χ2n) is 7.04. The number of fused-ring (bicyclic) bond motifs is 3. The number of rotatable bonds is 3. The molecule has 1 N–H and O–H groups in total. The number of hydrogen-bond donors (Lipinski definition) is 1. The van der Waals surface area contributed by atoms with Gasteiger partial charge in [0, 0.05) is 24.7 Å². The highest BCUT2D eigenvalue weighted by Crippen LogP contribution is 2.41. The Morgan fingerprint density at radius 1 is 1.03 bits per heavy atom. The quantitative estimate of drug-likeness (QED) is 0.739. The molecule has 1 saturated heterocycles. The lowest BCUT2D eigenvalue weighted by atomic mass is 10.1. The number of nitrogens with one attached hydrogen (secondary N) is 1. The van der Waals surface area contributed by atoms with E-state index in [1.54, 1.807) is 34.7 Å². The van der Waals surface area contributed by atoms with Crippen molar-refractivity contribution in [2.24, 2.45) is 0 Å². The van der Waals surface area contributed by atoms with Gasteiger partial charge in [0.2, 0.25) is 5.95 Å². The van der Waals surface area contributed by atoms with Crippen LogP contribution in [-0.2, 0) is 11.3 Å². The highest BCUT2D eigenvalue weighted by atomic mass is 19.1. The van der Waals surface area contributed by atoms with Crippen LogP contribution in [0.2, 0.25) is 0 Å². The number of halogens is 1. The lowest BCUT2D eigenvalue weighted by Crippen LogP contribution is -2.61. The van der Waals surface area contributed by atoms with Crippen molar-refractivity contribution in [3.05, 3.63) is 66.0 Å². The molecule has 2 atom stereocenters. The molecule has 0 aliphatic carbocycles. The van der Waals surface area contributed by atoms with Crippen LogP contribution in [-0.4, -0.2) is 44.7 Å². The fourth-order valence-electron chi connectivity index (χ4n) is 3.96. The summed E-state index contributed by atoms with van der Waals surface area (Å²) in [5.41, 5.74) is 1.24. The molecule has 9 heteroatoms. The van der Waals surface area contributed by atoms with Crippen molar-refractivity contribution >= 4 is 17.9 Å². The van der Waals surface area contributed by atoms with Gasteiger partial charge in [-0.15, -0.1) is 10.2 Å². The monoisotopic (exact) mass is 392 g/mol. The molecule has 146 valence electrons. The number of amides is 3. The minimum absolute atomic E-state index is 0.121. The number of anilines is 1. The maximum absolute atomic E-state index is 14.3. The second-order valence-corrected chi connectivity index (χ2v) is 7.04. The first kappa shape index (κ1) is 17.4. The van der Waals surface area contributed by atoms with Crippen molar-refractivity contribution in [1.82, 2.24) is 25.0 Å². The van der Waals surface area contributed by atoms with E-state index in [1.807, 2.05) is 30.3 Å². The number of carbonyl (C=O) groups excluding carboxylic acids is 2. The first-order valence-electron chi connectivity index (χ1n) is 9.14. The largest absolute Gasteiger partial charge is 0.325 e. The number of carbonyl (C=O) groups is 2. The van der Waals surface area contributed by atoms with Gasteiger partial charge in [-0.25, -0.2) is 9.18 Å². The van der Waals surface area contributed by atoms with Gasteiger partial charge >= 0.3 is 6.03 Å². The van der Waals surface area contributed by atoms with E-state index in [4.69, 9.17) is 0 Å². The maximum Gasteiger partial charge on any atom is 0.325 e. The second kappa shape index (κ2) is 6.40. The normalized spacial score (nSPS) is 20.5. The van der Waals surface area contributed by atoms with E-state index in [9.17, 15) is 14.0 Å². The minimum atomic E-state index is -0.745. The molecule has 3 amide bonds.